The fraction of sp³-hybridized carbons (Fsp3) is 0.333. The Morgan fingerprint density at radius 3 is 2.95 bits per heavy atom. The second-order valence-corrected chi connectivity index (χ2v) is 5.57. The number of nitrogens with two attached hydrogens (primary N) is 1. The van der Waals surface area contributed by atoms with E-state index < -0.39 is 12.0 Å². The summed E-state index contributed by atoms with van der Waals surface area (Å²) in [6, 6.07) is 5.21. The first kappa shape index (κ1) is 14.0. The van der Waals surface area contributed by atoms with Crippen LogP contribution >= 0.6 is 11.3 Å². The normalized spacial score (nSPS) is 19.5. The molecule has 2 N–H and O–H groups in total. The molecule has 1 aromatic carbocycles. The smallest absolute Gasteiger partial charge is 0.308 e. The summed E-state index contributed by atoms with van der Waals surface area (Å²) >= 11 is 1.11. The zero-order valence-corrected chi connectivity index (χ0v) is 12.0. The van der Waals surface area contributed by atoms with Gasteiger partial charge in [-0.1, -0.05) is 11.3 Å². The van der Waals surface area contributed by atoms with Crippen molar-refractivity contribution in [3.63, 3.8) is 0 Å². The molecule has 0 aliphatic carbocycles. The Bertz CT molecular complexity index is 755. The Kier molecular flexibility index (Phi) is 3.41. The average Bonchev–Trinajstić information content (AvgIpc) is 2.97. The van der Waals surface area contributed by atoms with Crippen LogP contribution in [0.3, 0.4) is 0 Å². The molecule has 1 atom stereocenters. The Morgan fingerprint density at radius 1 is 1.57 bits per heavy atom. The number of amides is 1. The number of hydrazine groups is 1. The fourth-order valence-electron chi connectivity index (χ4n) is 2.28. The van der Waals surface area contributed by atoms with E-state index in [-0.39, 0.29) is 16.8 Å². The summed E-state index contributed by atoms with van der Waals surface area (Å²) < 4.78 is 2.43. The second-order valence-electron chi connectivity index (χ2n) is 4.58. The van der Waals surface area contributed by atoms with E-state index in [0.717, 1.165) is 21.6 Å². The molecule has 1 fully saturated rings. The lowest BCUT2D eigenvalue weighted by Gasteiger charge is -2.31. The Balaban J connectivity index is 1.98. The number of aromatic nitrogens is 1. The van der Waals surface area contributed by atoms with Gasteiger partial charge in [-0.3, -0.25) is 24.0 Å². The molecular formula is C12H13N4O4S-. The van der Waals surface area contributed by atoms with Crippen LogP contribution in [0.2, 0.25) is 0 Å². The van der Waals surface area contributed by atoms with Crippen LogP contribution in [0.5, 0.6) is 0 Å². The minimum absolute atomic E-state index is 0.0451. The van der Waals surface area contributed by atoms with Crippen molar-refractivity contribution in [1.29, 1.82) is 0 Å². The third-order valence-electron chi connectivity index (χ3n) is 3.34. The first-order chi connectivity index (χ1) is 10.0. The quantitative estimate of drug-likeness (QED) is 0.880. The van der Waals surface area contributed by atoms with Crippen LogP contribution in [0.1, 0.15) is 6.92 Å². The number of rotatable bonds is 3. The van der Waals surface area contributed by atoms with E-state index in [2.05, 4.69) is 0 Å². The molecule has 1 saturated heterocycles. The van der Waals surface area contributed by atoms with Gasteiger partial charge in [-0.2, -0.15) is 5.34 Å². The lowest BCUT2D eigenvalue weighted by Crippen LogP contribution is -2.33. The van der Waals surface area contributed by atoms with Crippen LogP contribution in [0.4, 0.5) is 5.69 Å². The highest BCUT2D eigenvalue weighted by Gasteiger charge is 2.30. The van der Waals surface area contributed by atoms with E-state index in [0.29, 0.717) is 12.2 Å². The van der Waals surface area contributed by atoms with Crippen LogP contribution in [0, 0.1) is 5.21 Å². The van der Waals surface area contributed by atoms with Crippen molar-refractivity contribution in [2.45, 2.75) is 19.6 Å². The molecule has 2 aromatic rings. The molecule has 1 aliphatic rings. The Hall–Kier alpha value is -1.94. The molecular weight excluding hydrogens is 296 g/mol. The van der Waals surface area contributed by atoms with Gasteiger partial charge in [-0.15, -0.1) is 0 Å². The maximum Gasteiger partial charge on any atom is 0.308 e. The molecule has 0 bridgehead atoms. The number of hydrogen-bond acceptors (Lipinski definition) is 7. The maximum atomic E-state index is 11.8. The number of aryl methyl sites for hydroxylation is 1. The number of hydrogen-bond donors (Lipinski definition) is 1. The van der Waals surface area contributed by atoms with E-state index in [4.69, 9.17) is 10.6 Å². The summed E-state index contributed by atoms with van der Waals surface area (Å²) in [7, 11) is 0. The topological polar surface area (TPSA) is 104 Å². The first-order valence-electron chi connectivity index (χ1n) is 6.35. The highest BCUT2D eigenvalue weighted by Crippen LogP contribution is 2.28. The number of carbonyl (C=O) groups excluding carboxylic acids is 1. The number of carbonyl (C=O) groups is 1. The molecule has 1 amide bonds. The van der Waals surface area contributed by atoms with Crippen molar-refractivity contribution in [1.82, 2.24) is 9.90 Å². The molecule has 8 nitrogen and oxygen atoms in total. The van der Waals surface area contributed by atoms with Crippen molar-refractivity contribution < 1.29 is 9.63 Å². The van der Waals surface area contributed by atoms with Gasteiger partial charge in [0.15, 0.2) is 6.10 Å². The summed E-state index contributed by atoms with van der Waals surface area (Å²) in [5.74, 6) is -0.693. The zero-order chi connectivity index (χ0) is 15.1. The van der Waals surface area contributed by atoms with Gasteiger partial charge >= 0.3 is 4.87 Å². The molecule has 0 spiro atoms. The molecule has 112 valence electrons. The van der Waals surface area contributed by atoms with Gasteiger partial charge in [0, 0.05) is 6.54 Å². The number of nitrogens with zero attached hydrogens (tertiary/aromatic N) is 3. The molecule has 21 heavy (non-hydrogen) atoms. The maximum absolute atomic E-state index is 11.8. The highest BCUT2D eigenvalue weighted by molar-refractivity contribution is 7.16. The van der Waals surface area contributed by atoms with Crippen LogP contribution < -0.4 is 15.6 Å². The Morgan fingerprint density at radius 2 is 2.33 bits per heavy atom. The third-order valence-corrected chi connectivity index (χ3v) is 4.28. The van der Waals surface area contributed by atoms with Gasteiger partial charge < -0.3 is 10.9 Å². The first-order valence-corrected chi connectivity index (χ1v) is 7.17. The summed E-state index contributed by atoms with van der Waals surface area (Å²) in [5, 5.41) is 13.2. The van der Waals surface area contributed by atoms with E-state index in [1.54, 1.807) is 22.8 Å². The fourth-order valence-corrected chi connectivity index (χ4v) is 3.27. The monoisotopic (exact) mass is 309 g/mol. The standard InChI is InChI=1S/C12H13N4O4S/c1-2-14-8-4-3-7(5-10(8)21-12(14)18)15-6-9(11(13)17)20-16(15)19/h3-5,9H,2,6H2,1H3,(H2,13,17)/q-1/t9-/m1/s1. The molecule has 0 radical (unpaired) electrons. The molecule has 1 aromatic heterocycles. The van der Waals surface area contributed by atoms with Crippen molar-refractivity contribution in [2.24, 2.45) is 5.73 Å². The van der Waals surface area contributed by atoms with Crippen LogP contribution in [0.15, 0.2) is 23.0 Å². The Labute approximate surface area is 123 Å². The number of thiazole rings is 1. The van der Waals surface area contributed by atoms with Crippen LogP contribution in [0.25, 0.3) is 10.2 Å². The van der Waals surface area contributed by atoms with Gasteiger partial charge in [0.05, 0.1) is 22.4 Å². The predicted molar refractivity (Wildman–Crippen MR) is 78.4 cm³/mol. The molecule has 2 heterocycles. The van der Waals surface area contributed by atoms with Crippen LogP contribution in [-0.4, -0.2) is 28.5 Å². The molecule has 3 rings (SSSR count). The van der Waals surface area contributed by atoms with Crippen molar-refractivity contribution in [2.75, 3.05) is 11.6 Å². The van der Waals surface area contributed by atoms with Gasteiger partial charge in [0.1, 0.15) is 0 Å². The zero-order valence-electron chi connectivity index (χ0n) is 11.2. The van der Waals surface area contributed by atoms with Crippen molar-refractivity contribution in [3.8, 4) is 0 Å². The van der Waals surface area contributed by atoms with Crippen molar-refractivity contribution in [3.05, 3.63) is 33.1 Å². The number of primary amides is 1. The van der Waals surface area contributed by atoms with E-state index in [9.17, 15) is 14.8 Å². The van der Waals surface area contributed by atoms with Gasteiger partial charge in [0.2, 0.25) is 0 Å². The molecule has 1 aliphatic heterocycles. The average molecular weight is 309 g/mol. The molecule has 0 saturated carbocycles. The predicted octanol–water partition coefficient (Wildman–Crippen LogP) is 0.403. The van der Waals surface area contributed by atoms with E-state index >= 15 is 0 Å². The highest BCUT2D eigenvalue weighted by atomic mass is 32.1. The number of fused-ring (bicyclic) bond motifs is 1. The van der Waals surface area contributed by atoms with Gasteiger partial charge in [-0.25, -0.2) is 0 Å². The number of benzene rings is 1. The SMILES string of the molecule is CCn1c(=O)sc2cc(N3C[C@H](C(N)=O)ON3[O-])ccc21. The minimum atomic E-state index is -0.975. The second kappa shape index (κ2) is 5.11. The largest absolute Gasteiger partial charge is 0.743 e. The number of anilines is 1. The van der Waals surface area contributed by atoms with Crippen molar-refractivity contribution >= 4 is 33.1 Å². The summed E-state index contributed by atoms with van der Waals surface area (Å²) in [5.41, 5.74) is 6.50. The molecule has 9 heteroatoms. The van der Waals surface area contributed by atoms with Gasteiger partial charge in [0.25, 0.3) is 5.91 Å². The lowest BCUT2D eigenvalue weighted by atomic mass is 10.2. The van der Waals surface area contributed by atoms with E-state index in [1.165, 1.54) is 5.01 Å². The summed E-state index contributed by atoms with van der Waals surface area (Å²) in [6.07, 6.45) is -0.975. The van der Waals surface area contributed by atoms with Gasteiger partial charge in [-0.05, 0) is 25.1 Å². The minimum Gasteiger partial charge on any atom is -0.743 e. The third kappa shape index (κ3) is 2.29. The molecule has 0 unspecified atom stereocenters. The lowest BCUT2D eigenvalue weighted by molar-refractivity contribution is -0.148. The summed E-state index contributed by atoms with van der Waals surface area (Å²) in [4.78, 5) is 27.7. The summed E-state index contributed by atoms with van der Waals surface area (Å²) in [6.45, 7) is 2.53. The van der Waals surface area contributed by atoms with E-state index in [1.807, 2.05) is 6.92 Å². The van der Waals surface area contributed by atoms with Crippen LogP contribution in [-0.2, 0) is 16.2 Å².